The van der Waals surface area contributed by atoms with Gasteiger partial charge in [-0.1, -0.05) is 54.1 Å². The van der Waals surface area contributed by atoms with Crippen LogP contribution in [0.1, 0.15) is 23.3 Å². The van der Waals surface area contributed by atoms with Gasteiger partial charge in [-0.3, -0.25) is 0 Å². The molecule has 2 rings (SSSR count). The fourth-order valence-electron chi connectivity index (χ4n) is 1.87. The van der Waals surface area contributed by atoms with Crippen molar-refractivity contribution in [2.75, 3.05) is 0 Å². The van der Waals surface area contributed by atoms with E-state index >= 15 is 0 Å². The second-order valence-electron chi connectivity index (χ2n) is 4.44. The zero-order chi connectivity index (χ0) is 14.8. The number of alkyl halides is 2. The topological polar surface area (TPSA) is 40.5 Å². The number of hydrogen-bond acceptors (Lipinski definition) is 2. The lowest BCUT2D eigenvalue weighted by atomic mass is 9.95. The van der Waals surface area contributed by atoms with Crippen molar-refractivity contribution in [3.05, 3.63) is 70.7 Å². The Morgan fingerprint density at radius 3 is 1.75 bits per heavy atom. The van der Waals surface area contributed by atoms with Crippen LogP contribution in [0.15, 0.2) is 54.6 Å². The van der Waals surface area contributed by atoms with Crippen molar-refractivity contribution in [2.45, 2.75) is 18.1 Å². The van der Waals surface area contributed by atoms with Crippen LogP contribution in [-0.4, -0.2) is 16.1 Å². The first kappa shape index (κ1) is 14.9. The third kappa shape index (κ3) is 2.98. The molecule has 0 bridgehead atoms. The molecule has 0 saturated carbocycles. The summed E-state index contributed by atoms with van der Waals surface area (Å²) in [5, 5.41) is 20.0. The Kier molecular flexibility index (Phi) is 4.38. The zero-order valence-corrected chi connectivity index (χ0v) is 11.1. The molecule has 2 N–H and O–H groups in total. The first-order valence-corrected chi connectivity index (χ1v) is 6.35. The van der Waals surface area contributed by atoms with E-state index < -0.39 is 18.1 Å². The summed E-state index contributed by atoms with van der Waals surface area (Å²) in [6.45, 7) is 0. The van der Waals surface area contributed by atoms with Gasteiger partial charge >= 0.3 is 5.92 Å². The number of aliphatic hydroxyl groups is 2. The average molecular weight is 299 g/mol. The normalized spacial score (nSPS) is 14.8. The molecule has 0 aliphatic rings. The van der Waals surface area contributed by atoms with Crippen LogP contribution in [0.5, 0.6) is 0 Å². The molecule has 0 fully saturated rings. The van der Waals surface area contributed by atoms with Gasteiger partial charge in [-0.05, 0) is 23.3 Å². The Labute approximate surface area is 120 Å². The Balaban J connectivity index is 2.27. The van der Waals surface area contributed by atoms with E-state index in [2.05, 4.69) is 0 Å². The monoisotopic (exact) mass is 298 g/mol. The van der Waals surface area contributed by atoms with Crippen LogP contribution in [0.4, 0.5) is 8.78 Å². The van der Waals surface area contributed by atoms with E-state index in [9.17, 15) is 19.0 Å². The standard InChI is InChI=1S/C15H13ClF2O2/c16-12-8-6-11(7-9-12)14(20)15(17,18)13(19)10-4-2-1-3-5-10/h1-9,13-14,19-20H/t13-,14-/m0/s1. The largest absolute Gasteiger partial charge is 0.382 e. The van der Waals surface area contributed by atoms with Crippen molar-refractivity contribution < 1.29 is 19.0 Å². The van der Waals surface area contributed by atoms with Crippen LogP contribution in [0.3, 0.4) is 0 Å². The fraction of sp³-hybridized carbons (Fsp3) is 0.200. The van der Waals surface area contributed by atoms with Gasteiger partial charge in [0.1, 0.15) is 12.2 Å². The molecule has 0 aliphatic heterocycles. The third-order valence-corrected chi connectivity index (χ3v) is 3.28. The quantitative estimate of drug-likeness (QED) is 0.902. The van der Waals surface area contributed by atoms with Crippen LogP contribution in [-0.2, 0) is 0 Å². The van der Waals surface area contributed by atoms with Crippen molar-refractivity contribution in [1.29, 1.82) is 0 Å². The lowest BCUT2D eigenvalue weighted by Gasteiger charge is -2.27. The van der Waals surface area contributed by atoms with Crippen molar-refractivity contribution in [2.24, 2.45) is 0 Å². The van der Waals surface area contributed by atoms with Crippen LogP contribution >= 0.6 is 11.6 Å². The minimum Gasteiger partial charge on any atom is -0.382 e. The van der Waals surface area contributed by atoms with Crippen molar-refractivity contribution >= 4 is 11.6 Å². The van der Waals surface area contributed by atoms with Gasteiger partial charge in [0.15, 0.2) is 0 Å². The molecule has 0 unspecified atom stereocenters. The van der Waals surface area contributed by atoms with E-state index in [-0.39, 0.29) is 11.1 Å². The predicted molar refractivity (Wildman–Crippen MR) is 72.8 cm³/mol. The molecule has 2 atom stereocenters. The maximum Gasteiger partial charge on any atom is 0.306 e. The van der Waals surface area contributed by atoms with Gasteiger partial charge < -0.3 is 10.2 Å². The average Bonchev–Trinajstić information content (AvgIpc) is 2.47. The molecule has 0 radical (unpaired) electrons. The van der Waals surface area contributed by atoms with Gasteiger partial charge in [0.05, 0.1) is 0 Å². The first-order valence-electron chi connectivity index (χ1n) is 5.97. The van der Waals surface area contributed by atoms with Crippen LogP contribution in [0, 0.1) is 0 Å². The molecule has 2 aromatic rings. The highest BCUT2D eigenvalue weighted by Crippen LogP contribution is 2.41. The van der Waals surface area contributed by atoms with Crippen LogP contribution in [0.2, 0.25) is 5.02 Å². The Hall–Kier alpha value is -1.49. The molecule has 5 heteroatoms. The maximum atomic E-state index is 14.1. The van der Waals surface area contributed by atoms with E-state index in [1.54, 1.807) is 18.2 Å². The summed E-state index contributed by atoms with van der Waals surface area (Å²) in [6, 6.07) is 12.9. The lowest BCUT2D eigenvalue weighted by molar-refractivity contribution is -0.181. The predicted octanol–water partition coefficient (Wildman–Crippen LogP) is 3.74. The second-order valence-corrected chi connectivity index (χ2v) is 4.88. The summed E-state index contributed by atoms with van der Waals surface area (Å²) in [4.78, 5) is 0. The highest BCUT2D eigenvalue weighted by atomic mass is 35.5. The molecular weight excluding hydrogens is 286 g/mol. The van der Waals surface area contributed by atoms with Gasteiger partial charge in [-0.25, -0.2) is 8.78 Å². The molecule has 0 saturated heterocycles. The Bertz CT molecular complexity index is 558. The molecule has 20 heavy (non-hydrogen) atoms. The fourth-order valence-corrected chi connectivity index (χ4v) is 2.00. The molecule has 2 nitrogen and oxygen atoms in total. The minimum absolute atomic E-state index is 0.00520. The summed E-state index contributed by atoms with van der Waals surface area (Å²) in [7, 11) is 0. The van der Waals surface area contributed by atoms with E-state index in [0.717, 1.165) is 0 Å². The third-order valence-electron chi connectivity index (χ3n) is 3.03. The van der Waals surface area contributed by atoms with Crippen LogP contribution < -0.4 is 0 Å². The number of benzene rings is 2. The van der Waals surface area contributed by atoms with E-state index in [1.165, 1.54) is 36.4 Å². The second kappa shape index (κ2) is 5.87. The van der Waals surface area contributed by atoms with Gasteiger partial charge in [-0.15, -0.1) is 0 Å². The summed E-state index contributed by atoms with van der Waals surface area (Å²) in [6.07, 6.45) is -4.20. The highest BCUT2D eigenvalue weighted by molar-refractivity contribution is 6.30. The molecular formula is C15H13ClF2O2. The molecule has 0 aromatic heterocycles. The molecule has 2 aromatic carbocycles. The molecule has 0 spiro atoms. The van der Waals surface area contributed by atoms with E-state index in [4.69, 9.17) is 11.6 Å². The number of aliphatic hydroxyl groups excluding tert-OH is 2. The van der Waals surface area contributed by atoms with E-state index in [1.807, 2.05) is 0 Å². The minimum atomic E-state index is -3.71. The van der Waals surface area contributed by atoms with Gasteiger partial charge in [0.25, 0.3) is 0 Å². The lowest BCUT2D eigenvalue weighted by Crippen LogP contribution is -2.33. The first-order chi connectivity index (χ1) is 9.43. The van der Waals surface area contributed by atoms with Gasteiger partial charge in [0, 0.05) is 5.02 Å². The smallest absolute Gasteiger partial charge is 0.306 e. The van der Waals surface area contributed by atoms with Crippen molar-refractivity contribution in [1.82, 2.24) is 0 Å². The summed E-state index contributed by atoms with van der Waals surface area (Å²) in [5.74, 6) is -3.71. The number of halogens is 3. The Morgan fingerprint density at radius 2 is 1.25 bits per heavy atom. The van der Waals surface area contributed by atoms with Gasteiger partial charge in [0.2, 0.25) is 0 Å². The summed E-state index contributed by atoms with van der Waals surface area (Å²) < 4.78 is 28.3. The van der Waals surface area contributed by atoms with Gasteiger partial charge in [-0.2, -0.15) is 0 Å². The SMILES string of the molecule is O[C@@H](c1ccccc1)C(F)(F)[C@@H](O)c1ccc(Cl)cc1. The Morgan fingerprint density at radius 1 is 0.800 bits per heavy atom. The zero-order valence-electron chi connectivity index (χ0n) is 10.4. The maximum absolute atomic E-state index is 14.1. The van der Waals surface area contributed by atoms with Crippen molar-refractivity contribution in [3.8, 4) is 0 Å². The highest BCUT2D eigenvalue weighted by Gasteiger charge is 2.47. The summed E-state index contributed by atoms with van der Waals surface area (Å²) in [5.41, 5.74) is 0.0416. The van der Waals surface area contributed by atoms with Crippen LogP contribution in [0.25, 0.3) is 0 Å². The summed E-state index contributed by atoms with van der Waals surface area (Å²) >= 11 is 5.67. The molecule has 0 aliphatic carbocycles. The molecule has 0 heterocycles. The van der Waals surface area contributed by atoms with Crippen molar-refractivity contribution in [3.63, 3.8) is 0 Å². The van der Waals surface area contributed by atoms with E-state index in [0.29, 0.717) is 5.02 Å². The molecule has 106 valence electrons. The molecule has 0 amide bonds. The number of hydrogen-bond donors (Lipinski definition) is 2. The number of rotatable bonds is 4.